The quantitative estimate of drug-likeness (QED) is 0.925. The summed E-state index contributed by atoms with van der Waals surface area (Å²) in [6.45, 7) is 6.95. The standard InChI is InChI=1S/C17H22N4O3/c1-17(2,3)16-19-14(20-24-16)10-21-9-13(15(22)18-4)23-12-8-6-5-7-11(12)21/h5-8,13H,9-10H2,1-4H3,(H,18,22)/t13-/m1/s1. The van der Waals surface area contributed by atoms with Crippen LogP contribution in [0.15, 0.2) is 28.8 Å². The minimum atomic E-state index is -0.570. The molecule has 1 aliphatic heterocycles. The normalized spacial score (nSPS) is 17.2. The molecule has 1 aliphatic rings. The van der Waals surface area contributed by atoms with E-state index in [1.807, 2.05) is 49.9 Å². The lowest BCUT2D eigenvalue weighted by atomic mass is 9.97. The van der Waals surface area contributed by atoms with Crippen LogP contribution < -0.4 is 15.0 Å². The van der Waals surface area contributed by atoms with E-state index in [2.05, 4.69) is 15.5 Å². The minimum absolute atomic E-state index is 0.155. The van der Waals surface area contributed by atoms with Gasteiger partial charge in [0.05, 0.1) is 18.8 Å². The fourth-order valence-corrected chi connectivity index (χ4v) is 2.55. The number of benzene rings is 1. The zero-order valence-corrected chi connectivity index (χ0v) is 14.4. The van der Waals surface area contributed by atoms with Crippen LogP contribution in [0.1, 0.15) is 32.5 Å². The second kappa shape index (κ2) is 6.14. The van der Waals surface area contributed by atoms with Gasteiger partial charge in [-0.05, 0) is 12.1 Å². The van der Waals surface area contributed by atoms with Gasteiger partial charge in [-0.25, -0.2) is 0 Å². The number of carbonyl (C=O) groups excluding carboxylic acids is 1. The Morgan fingerprint density at radius 2 is 2.12 bits per heavy atom. The maximum Gasteiger partial charge on any atom is 0.262 e. The predicted octanol–water partition coefficient (Wildman–Crippen LogP) is 1.88. The van der Waals surface area contributed by atoms with Crippen LogP contribution in [0.2, 0.25) is 0 Å². The highest BCUT2D eigenvalue weighted by atomic mass is 16.5. The molecule has 24 heavy (non-hydrogen) atoms. The molecule has 1 aromatic heterocycles. The number of hydrogen-bond acceptors (Lipinski definition) is 6. The average Bonchev–Trinajstić information content (AvgIpc) is 3.03. The van der Waals surface area contributed by atoms with Crippen LogP contribution in [-0.4, -0.2) is 35.7 Å². The van der Waals surface area contributed by atoms with Crippen molar-refractivity contribution in [1.82, 2.24) is 15.5 Å². The van der Waals surface area contributed by atoms with Crippen molar-refractivity contribution in [2.75, 3.05) is 18.5 Å². The Morgan fingerprint density at radius 1 is 1.38 bits per heavy atom. The number of aromatic nitrogens is 2. The molecule has 2 aromatic rings. The van der Waals surface area contributed by atoms with Gasteiger partial charge in [-0.2, -0.15) is 4.98 Å². The molecular formula is C17H22N4O3. The number of likely N-dealkylation sites (N-methyl/N-ethyl adjacent to an activating group) is 1. The van der Waals surface area contributed by atoms with E-state index >= 15 is 0 Å². The number of anilines is 1. The summed E-state index contributed by atoms with van der Waals surface area (Å²) in [5, 5.41) is 6.70. The van der Waals surface area contributed by atoms with Gasteiger partial charge in [0.1, 0.15) is 5.75 Å². The Kier molecular flexibility index (Phi) is 4.17. The summed E-state index contributed by atoms with van der Waals surface area (Å²) in [4.78, 5) is 18.5. The van der Waals surface area contributed by atoms with Crippen molar-refractivity contribution in [3.8, 4) is 5.75 Å². The van der Waals surface area contributed by atoms with E-state index in [1.165, 1.54) is 0 Å². The lowest BCUT2D eigenvalue weighted by Crippen LogP contribution is -2.48. The lowest BCUT2D eigenvalue weighted by Gasteiger charge is -2.34. The minimum Gasteiger partial charge on any atom is -0.477 e. The lowest BCUT2D eigenvalue weighted by molar-refractivity contribution is -0.127. The summed E-state index contributed by atoms with van der Waals surface area (Å²) in [7, 11) is 1.60. The first kappa shape index (κ1) is 16.3. The SMILES string of the molecule is CNC(=O)[C@H]1CN(Cc2noc(C(C)(C)C)n2)c2ccccc2O1. The van der Waals surface area contributed by atoms with E-state index in [4.69, 9.17) is 9.26 Å². The Labute approximate surface area is 141 Å². The molecule has 1 aromatic carbocycles. The van der Waals surface area contributed by atoms with E-state index in [0.29, 0.717) is 30.6 Å². The molecule has 128 valence electrons. The average molecular weight is 330 g/mol. The highest BCUT2D eigenvalue weighted by Crippen LogP contribution is 2.34. The molecule has 0 spiro atoms. The molecule has 0 saturated carbocycles. The summed E-state index contributed by atoms with van der Waals surface area (Å²) >= 11 is 0. The summed E-state index contributed by atoms with van der Waals surface area (Å²) in [6.07, 6.45) is -0.570. The highest BCUT2D eigenvalue weighted by molar-refractivity contribution is 5.83. The van der Waals surface area contributed by atoms with Crippen molar-refractivity contribution in [3.05, 3.63) is 36.0 Å². The fraction of sp³-hybridized carbons (Fsp3) is 0.471. The van der Waals surface area contributed by atoms with E-state index in [9.17, 15) is 4.79 Å². The van der Waals surface area contributed by atoms with Crippen LogP contribution in [-0.2, 0) is 16.8 Å². The number of hydrogen-bond donors (Lipinski definition) is 1. The van der Waals surface area contributed by atoms with Crippen LogP contribution in [0.4, 0.5) is 5.69 Å². The molecule has 1 N–H and O–H groups in total. The van der Waals surface area contributed by atoms with Gasteiger partial charge in [0.25, 0.3) is 5.91 Å². The summed E-state index contributed by atoms with van der Waals surface area (Å²) in [5.41, 5.74) is 0.721. The second-order valence-electron chi connectivity index (χ2n) is 6.83. The van der Waals surface area contributed by atoms with Crippen molar-refractivity contribution in [2.24, 2.45) is 0 Å². The monoisotopic (exact) mass is 330 g/mol. The molecular weight excluding hydrogens is 308 g/mol. The number of nitrogens with zero attached hydrogens (tertiary/aromatic N) is 3. The third-order valence-electron chi connectivity index (χ3n) is 3.84. The fourth-order valence-electron chi connectivity index (χ4n) is 2.55. The summed E-state index contributed by atoms with van der Waals surface area (Å²) < 4.78 is 11.1. The largest absolute Gasteiger partial charge is 0.477 e. The number of ether oxygens (including phenoxy) is 1. The van der Waals surface area contributed by atoms with Crippen molar-refractivity contribution < 1.29 is 14.1 Å². The molecule has 0 unspecified atom stereocenters. The molecule has 2 heterocycles. The molecule has 0 aliphatic carbocycles. The van der Waals surface area contributed by atoms with Crippen LogP contribution >= 0.6 is 0 Å². The maximum atomic E-state index is 12.0. The molecule has 0 radical (unpaired) electrons. The summed E-state index contributed by atoms with van der Waals surface area (Å²) in [5.74, 6) is 1.71. The molecule has 3 rings (SSSR count). The third kappa shape index (κ3) is 3.20. The third-order valence-corrected chi connectivity index (χ3v) is 3.84. The number of para-hydroxylation sites is 2. The number of rotatable bonds is 3. The van der Waals surface area contributed by atoms with Gasteiger partial charge in [-0.3, -0.25) is 4.79 Å². The van der Waals surface area contributed by atoms with Crippen molar-refractivity contribution in [3.63, 3.8) is 0 Å². The first-order chi connectivity index (χ1) is 11.4. The Bertz CT molecular complexity index is 735. The molecule has 0 fully saturated rings. The highest BCUT2D eigenvalue weighted by Gasteiger charge is 2.31. The Morgan fingerprint density at radius 3 is 2.79 bits per heavy atom. The molecule has 7 heteroatoms. The second-order valence-corrected chi connectivity index (χ2v) is 6.83. The van der Waals surface area contributed by atoms with E-state index in [1.54, 1.807) is 7.05 Å². The summed E-state index contributed by atoms with van der Waals surface area (Å²) in [6, 6.07) is 7.63. The smallest absolute Gasteiger partial charge is 0.262 e. The Hall–Kier alpha value is -2.57. The van der Waals surface area contributed by atoms with Gasteiger partial charge in [-0.15, -0.1) is 0 Å². The molecule has 0 bridgehead atoms. The van der Waals surface area contributed by atoms with Crippen molar-refractivity contribution in [1.29, 1.82) is 0 Å². The van der Waals surface area contributed by atoms with E-state index in [0.717, 1.165) is 5.69 Å². The zero-order valence-electron chi connectivity index (χ0n) is 14.4. The van der Waals surface area contributed by atoms with Crippen molar-refractivity contribution in [2.45, 2.75) is 38.8 Å². The molecule has 0 saturated heterocycles. The zero-order chi connectivity index (χ0) is 17.3. The van der Waals surface area contributed by atoms with Gasteiger partial charge in [-0.1, -0.05) is 38.1 Å². The van der Waals surface area contributed by atoms with E-state index in [-0.39, 0.29) is 11.3 Å². The molecule has 7 nitrogen and oxygen atoms in total. The van der Waals surface area contributed by atoms with Gasteiger partial charge in [0.15, 0.2) is 11.9 Å². The topological polar surface area (TPSA) is 80.5 Å². The predicted molar refractivity (Wildman–Crippen MR) is 89.0 cm³/mol. The number of nitrogens with one attached hydrogen (secondary N) is 1. The van der Waals surface area contributed by atoms with Crippen LogP contribution in [0, 0.1) is 0 Å². The van der Waals surface area contributed by atoms with Crippen LogP contribution in [0.5, 0.6) is 5.75 Å². The first-order valence-corrected chi connectivity index (χ1v) is 7.94. The van der Waals surface area contributed by atoms with Crippen LogP contribution in [0.3, 0.4) is 0 Å². The van der Waals surface area contributed by atoms with Gasteiger partial charge in [0.2, 0.25) is 5.89 Å². The van der Waals surface area contributed by atoms with Gasteiger partial charge in [0, 0.05) is 12.5 Å². The number of amides is 1. The Balaban J connectivity index is 1.86. The van der Waals surface area contributed by atoms with Crippen molar-refractivity contribution >= 4 is 11.6 Å². The maximum absolute atomic E-state index is 12.0. The van der Waals surface area contributed by atoms with Crippen LogP contribution in [0.25, 0.3) is 0 Å². The molecule has 1 amide bonds. The van der Waals surface area contributed by atoms with Gasteiger partial charge < -0.3 is 19.5 Å². The first-order valence-electron chi connectivity index (χ1n) is 7.94. The van der Waals surface area contributed by atoms with E-state index < -0.39 is 6.10 Å². The number of carbonyl (C=O) groups is 1. The van der Waals surface area contributed by atoms with Gasteiger partial charge >= 0.3 is 0 Å². The number of fused-ring (bicyclic) bond motifs is 1. The molecule has 1 atom stereocenters.